The third kappa shape index (κ3) is 9.08. The molecule has 2 heteroatoms. The summed E-state index contributed by atoms with van der Waals surface area (Å²) >= 11 is 2.86. The van der Waals surface area contributed by atoms with E-state index in [9.17, 15) is 0 Å². The van der Waals surface area contributed by atoms with Gasteiger partial charge in [-0.2, -0.15) is 0 Å². The van der Waals surface area contributed by atoms with Gasteiger partial charge in [0.25, 0.3) is 0 Å². The zero-order valence-electron chi connectivity index (χ0n) is 11.6. The van der Waals surface area contributed by atoms with Crippen molar-refractivity contribution in [2.24, 2.45) is 0 Å². The zero-order chi connectivity index (χ0) is 12.9. The molecule has 18 heavy (non-hydrogen) atoms. The van der Waals surface area contributed by atoms with Crippen LogP contribution < -0.4 is 4.46 Å². The van der Waals surface area contributed by atoms with Gasteiger partial charge in [-0.15, -0.1) is 0 Å². The Morgan fingerprint density at radius 1 is 0.889 bits per heavy atom. The van der Waals surface area contributed by atoms with Crippen molar-refractivity contribution < 1.29 is 0 Å². The van der Waals surface area contributed by atoms with E-state index in [0.717, 1.165) is 0 Å². The van der Waals surface area contributed by atoms with Gasteiger partial charge in [0.05, 0.1) is 0 Å². The van der Waals surface area contributed by atoms with Gasteiger partial charge in [-0.3, -0.25) is 0 Å². The van der Waals surface area contributed by atoms with E-state index >= 15 is 0 Å². The summed E-state index contributed by atoms with van der Waals surface area (Å²) in [6.07, 6.45) is 8.45. The van der Waals surface area contributed by atoms with Crippen molar-refractivity contribution in [1.29, 1.82) is 0 Å². The van der Waals surface area contributed by atoms with Crippen molar-refractivity contribution in [2.45, 2.75) is 50.8 Å². The first-order valence-corrected chi connectivity index (χ1v) is 10.4. The summed E-state index contributed by atoms with van der Waals surface area (Å²) < 4.78 is 1.55. The average Bonchev–Trinajstić information content (AvgIpc) is 2.42. The van der Waals surface area contributed by atoms with Gasteiger partial charge < -0.3 is 0 Å². The first-order valence-electron chi connectivity index (χ1n) is 7.19. The molecule has 0 saturated heterocycles. The molecular formula is C16H26SSe. The molecule has 1 rings (SSSR count). The fourth-order valence-corrected chi connectivity index (χ4v) is 4.73. The van der Waals surface area contributed by atoms with E-state index in [-0.39, 0.29) is 0 Å². The van der Waals surface area contributed by atoms with Crippen LogP contribution in [0.3, 0.4) is 0 Å². The second kappa shape index (κ2) is 12.1. The van der Waals surface area contributed by atoms with Gasteiger partial charge >= 0.3 is 124 Å². The Morgan fingerprint density at radius 2 is 1.61 bits per heavy atom. The van der Waals surface area contributed by atoms with Gasteiger partial charge in [-0.1, -0.05) is 0 Å². The van der Waals surface area contributed by atoms with Gasteiger partial charge in [-0.05, 0) is 0 Å². The first-order chi connectivity index (χ1) is 8.93. The van der Waals surface area contributed by atoms with E-state index in [1.807, 2.05) is 0 Å². The molecule has 0 aliphatic rings. The summed E-state index contributed by atoms with van der Waals surface area (Å²) in [4.78, 5) is 0. The molecule has 0 heterocycles. The van der Waals surface area contributed by atoms with Crippen LogP contribution in [0, 0.1) is 0 Å². The van der Waals surface area contributed by atoms with E-state index in [1.165, 1.54) is 55.3 Å². The van der Waals surface area contributed by atoms with Crippen molar-refractivity contribution in [3.05, 3.63) is 30.3 Å². The van der Waals surface area contributed by atoms with Crippen molar-refractivity contribution in [2.75, 3.05) is 11.5 Å². The summed E-state index contributed by atoms with van der Waals surface area (Å²) in [7, 11) is 0. The first kappa shape index (κ1) is 16.1. The van der Waals surface area contributed by atoms with E-state index in [4.69, 9.17) is 0 Å². The van der Waals surface area contributed by atoms with Crippen molar-refractivity contribution in [3.63, 3.8) is 0 Å². The molecule has 0 aliphatic heterocycles. The standard InChI is InChI=1S/C16H26SSe/c1-2-3-4-8-13-17-14-9-10-15-18-16-11-6-5-7-12-16/h5-7,11-12H,2-4,8-10,13-15H2,1H3. The number of hydrogen-bond acceptors (Lipinski definition) is 1. The van der Waals surface area contributed by atoms with E-state index < -0.39 is 0 Å². The molecule has 0 radical (unpaired) electrons. The normalized spacial score (nSPS) is 10.7. The van der Waals surface area contributed by atoms with Crippen LogP contribution in [0.25, 0.3) is 0 Å². The van der Waals surface area contributed by atoms with Crippen LogP contribution in [0.5, 0.6) is 0 Å². The molecule has 0 fully saturated rings. The predicted molar refractivity (Wildman–Crippen MR) is 87.3 cm³/mol. The number of rotatable bonds is 11. The number of unbranched alkanes of at least 4 members (excludes halogenated alkanes) is 4. The Bertz CT molecular complexity index is 274. The molecule has 1 aromatic rings. The molecule has 1 aromatic carbocycles. The Labute approximate surface area is 123 Å². The summed E-state index contributed by atoms with van der Waals surface area (Å²) in [6.45, 7) is 2.28. The molecule has 0 atom stereocenters. The molecule has 0 aromatic heterocycles. The van der Waals surface area contributed by atoms with E-state index in [2.05, 4.69) is 49.0 Å². The predicted octanol–water partition coefficient (Wildman–Crippen LogP) is 4.53. The second-order valence-corrected chi connectivity index (χ2v) is 8.22. The van der Waals surface area contributed by atoms with Gasteiger partial charge in [0.1, 0.15) is 0 Å². The molecule has 0 spiro atoms. The maximum atomic E-state index is 2.28. The third-order valence-electron chi connectivity index (χ3n) is 2.84. The number of benzene rings is 1. The monoisotopic (exact) mass is 330 g/mol. The fourth-order valence-electron chi connectivity index (χ4n) is 1.75. The number of hydrogen-bond donors (Lipinski definition) is 0. The van der Waals surface area contributed by atoms with Crippen LogP contribution in [-0.2, 0) is 0 Å². The summed E-state index contributed by atoms with van der Waals surface area (Å²) in [5.41, 5.74) is 0. The molecule has 0 nitrogen and oxygen atoms in total. The Morgan fingerprint density at radius 3 is 2.33 bits per heavy atom. The molecular weight excluding hydrogens is 303 g/mol. The Balaban J connectivity index is 1.82. The van der Waals surface area contributed by atoms with Crippen LogP contribution >= 0.6 is 11.8 Å². The molecule has 0 amide bonds. The SMILES string of the molecule is CCCCCCSCCCC[Se]c1ccccc1. The fraction of sp³-hybridized carbons (Fsp3) is 0.625. The van der Waals surface area contributed by atoms with E-state index in [1.54, 1.807) is 4.46 Å². The summed E-state index contributed by atoms with van der Waals surface area (Å²) in [5.74, 6) is 2.75. The Kier molecular flexibility index (Phi) is 10.9. The van der Waals surface area contributed by atoms with Gasteiger partial charge in [0.15, 0.2) is 0 Å². The second-order valence-electron chi connectivity index (χ2n) is 4.54. The van der Waals surface area contributed by atoms with E-state index in [0.29, 0.717) is 15.0 Å². The molecule has 0 unspecified atom stereocenters. The average molecular weight is 329 g/mol. The van der Waals surface area contributed by atoms with Gasteiger partial charge in [-0.25, -0.2) is 0 Å². The molecule has 0 saturated carbocycles. The summed E-state index contributed by atoms with van der Waals surface area (Å²) in [6, 6.07) is 11.0. The van der Waals surface area contributed by atoms with Crippen molar-refractivity contribution in [3.8, 4) is 0 Å². The molecule has 0 bridgehead atoms. The van der Waals surface area contributed by atoms with Crippen molar-refractivity contribution >= 4 is 31.2 Å². The third-order valence-corrected chi connectivity index (χ3v) is 6.30. The maximum absolute atomic E-state index is 2.28. The van der Waals surface area contributed by atoms with Crippen LogP contribution in [0.1, 0.15) is 45.4 Å². The molecule has 102 valence electrons. The van der Waals surface area contributed by atoms with Crippen LogP contribution in [0.4, 0.5) is 0 Å². The minimum atomic E-state index is 0.701. The van der Waals surface area contributed by atoms with Crippen LogP contribution in [-0.4, -0.2) is 26.5 Å². The minimum absolute atomic E-state index is 0.701. The quantitative estimate of drug-likeness (QED) is 0.425. The topological polar surface area (TPSA) is 0 Å². The van der Waals surface area contributed by atoms with Crippen molar-refractivity contribution in [1.82, 2.24) is 0 Å². The zero-order valence-corrected chi connectivity index (χ0v) is 14.1. The van der Waals surface area contributed by atoms with Gasteiger partial charge in [0, 0.05) is 0 Å². The Hall–Kier alpha value is 0.0895. The summed E-state index contributed by atoms with van der Waals surface area (Å²) in [5, 5.41) is 1.41. The number of thioether (sulfide) groups is 1. The van der Waals surface area contributed by atoms with Crippen LogP contribution in [0.15, 0.2) is 30.3 Å². The van der Waals surface area contributed by atoms with Crippen LogP contribution in [0.2, 0.25) is 5.32 Å². The molecule has 0 aliphatic carbocycles. The van der Waals surface area contributed by atoms with Gasteiger partial charge in [0.2, 0.25) is 0 Å². The molecule has 0 N–H and O–H groups in total.